The molecule has 0 spiro atoms. The zero-order chi connectivity index (χ0) is 18.8. The first-order valence-electron chi connectivity index (χ1n) is 8.46. The fourth-order valence-electron chi connectivity index (χ4n) is 3.16. The predicted molar refractivity (Wildman–Crippen MR) is 98.1 cm³/mol. The van der Waals surface area contributed by atoms with E-state index in [0.29, 0.717) is 11.1 Å². The Morgan fingerprint density at radius 1 is 1.00 bits per heavy atom. The molecule has 1 aliphatic rings. The Bertz CT molecular complexity index is 964. The van der Waals surface area contributed by atoms with Crippen molar-refractivity contribution in [3.63, 3.8) is 0 Å². The van der Waals surface area contributed by atoms with E-state index in [1.165, 1.54) is 6.20 Å². The van der Waals surface area contributed by atoms with E-state index in [0.717, 1.165) is 10.5 Å². The Balaban J connectivity index is 1.68. The summed E-state index contributed by atoms with van der Waals surface area (Å²) in [6.45, 7) is 0. The van der Waals surface area contributed by atoms with Gasteiger partial charge in [-0.1, -0.05) is 42.5 Å². The van der Waals surface area contributed by atoms with Crippen molar-refractivity contribution in [2.24, 2.45) is 0 Å². The lowest BCUT2D eigenvalue weighted by Gasteiger charge is -2.25. The molecule has 7 heteroatoms. The highest BCUT2D eigenvalue weighted by atomic mass is 16.2. The molecule has 0 saturated heterocycles. The van der Waals surface area contributed by atoms with Crippen LogP contribution in [-0.2, 0) is 11.2 Å². The van der Waals surface area contributed by atoms with E-state index in [4.69, 9.17) is 0 Å². The smallest absolute Gasteiger partial charge is 0.262 e. The molecule has 2 N–H and O–H groups in total. The first kappa shape index (κ1) is 16.7. The standard InChI is InChI=1S/C20H16N4O3/c25-17(23-20-21-10-11-22-20)16(12-13-6-2-1-3-7-13)24-18(26)14-8-4-5-9-15(14)19(24)27/h1-11,16H,12H2,(H2,21,22,23,25). The Labute approximate surface area is 155 Å². The summed E-state index contributed by atoms with van der Waals surface area (Å²) < 4.78 is 0. The average molecular weight is 360 g/mol. The maximum atomic E-state index is 12.9. The maximum absolute atomic E-state index is 12.9. The van der Waals surface area contributed by atoms with E-state index in [1.54, 1.807) is 30.5 Å². The number of anilines is 1. The quantitative estimate of drug-likeness (QED) is 0.682. The van der Waals surface area contributed by atoms with Gasteiger partial charge in [-0.25, -0.2) is 4.98 Å². The van der Waals surface area contributed by atoms with Crippen LogP contribution in [0.1, 0.15) is 26.3 Å². The SMILES string of the molecule is O=C(Nc1ncc[nH]1)C(Cc1ccccc1)N1C(=O)c2ccccc2C1=O. The molecule has 2 heterocycles. The summed E-state index contributed by atoms with van der Waals surface area (Å²) in [5.41, 5.74) is 1.46. The highest BCUT2D eigenvalue weighted by molar-refractivity contribution is 6.23. The number of aromatic amines is 1. The van der Waals surface area contributed by atoms with Gasteiger partial charge in [-0.05, 0) is 17.7 Å². The fourth-order valence-corrected chi connectivity index (χ4v) is 3.16. The number of benzene rings is 2. The Morgan fingerprint density at radius 3 is 2.22 bits per heavy atom. The van der Waals surface area contributed by atoms with E-state index in [-0.39, 0.29) is 12.4 Å². The average Bonchev–Trinajstić information content (AvgIpc) is 3.28. The highest BCUT2D eigenvalue weighted by Gasteiger charge is 2.42. The largest absolute Gasteiger partial charge is 0.331 e. The van der Waals surface area contributed by atoms with Crippen LogP contribution in [0.15, 0.2) is 67.0 Å². The van der Waals surface area contributed by atoms with Crippen LogP contribution in [0.5, 0.6) is 0 Å². The highest BCUT2D eigenvalue weighted by Crippen LogP contribution is 2.26. The lowest BCUT2D eigenvalue weighted by molar-refractivity contribution is -0.120. The van der Waals surface area contributed by atoms with Crippen LogP contribution in [0.2, 0.25) is 0 Å². The topological polar surface area (TPSA) is 95.2 Å². The molecule has 0 radical (unpaired) electrons. The Kier molecular flexibility index (Phi) is 4.25. The van der Waals surface area contributed by atoms with Gasteiger partial charge in [-0.2, -0.15) is 0 Å². The zero-order valence-electron chi connectivity index (χ0n) is 14.3. The molecule has 3 amide bonds. The summed E-state index contributed by atoms with van der Waals surface area (Å²) in [6, 6.07) is 14.9. The normalized spacial score (nSPS) is 14.1. The second-order valence-electron chi connectivity index (χ2n) is 6.16. The number of aromatic nitrogens is 2. The molecule has 0 aliphatic carbocycles. The molecule has 0 bridgehead atoms. The third-order valence-electron chi connectivity index (χ3n) is 4.45. The molecule has 1 atom stereocenters. The molecule has 0 fully saturated rings. The summed E-state index contributed by atoms with van der Waals surface area (Å²) in [4.78, 5) is 46.4. The van der Waals surface area contributed by atoms with Crippen LogP contribution in [0, 0.1) is 0 Å². The van der Waals surface area contributed by atoms with Crippen molar-refractivity contribution in [2.75, 3.05) is 5.32 Å². The van der Waals surface area contributed by atoms with E-state index < -0.39 is 23.8 Å². The second kappa shape index (κ2) is 6.87. The minimum Gasteiger partial charge on any atom is -0.331 e. The van der Waals surface area contributed by atoms with Crippen molar-refractivity contribution >= 4 is 23.7 Å². The van der Waals surface area contributed by atoms with Crippen LogP contribution in [-0.4, -0.2) is 38.6 Å². The number of nitrogens with zero attached hydrogens (tertiary/aromatic N) is 2. The van der Waals surface area contributed by atoms with E-state index >= 15 is 0 Å². The van der Waals surface area contributed by atoms with Crippen LogP contribution < -0.4 is 5.32 Å². The number of imide groups is 1. The van der Waals surface area contributed by atoms with Crippen LogP contribution >= 0.6 is 0 Å². The zero-order valence-corrected chi connectivity index (χ0v) is 14.3. The number of amides is 3. The van der Waals surface area contributed by atoms with Gasteiger partial charge in [0.05, 0.1) is 11.1 Å². The van der Waals surface area contributed by atoms with Crippen LogP contribution in [0.4, 0.5) is 5.95 Å². The number of rotatable bonds is 5. The molecule has 7 nitrogen and oxygen atoms in total. The van der Waals surface area contributed by atoms with Crippen LogP contribution in [0.25, 0.3) is 0 Å². The van der Waals surface area contributed by atoms with Gasteiger partial charge in [-0.3, -0.25) is 24.6 Å². The molecule has 3 aromatic rings. The molecular weight excluding hydrogens is 344 g/mol. The predicted octanol–water partition coefficient (Wildman–Crippen LogP) is 2.26. The van der Waals surface area contributed by atoms with Crippen LogP contribution in [0.3, 0.4) is 0 Å². The summed E-state index contributed by atoms with van der Waals surface area (Å²) in [7, 11) is 0. The van der Waals surface area contributed by atoms with Gasteiger partial charge in [0.2, 0.25) is 11.9 Å². The first-order valence-corrected chi connectivity index (χ1v) is 8.46. The van der Waals surface area contributed by atoms with Gasteiger partial charge in [-0.15, -0.1) is 0 Å². The number of hydrogen-bond donors (Lipinski definition) is 2. The second-order valence-corrected chi connectivity index (χ2v) is 6.16. The Hall–Kier alpha value is -3.74. The van der Waals surface area contributed by atoms with Gasteiger partial charge in [0, 0.05) is 18.8 Å². The molecule has 2 aromatic carbocycles. The minimum atomic E-state index is -0.995. The van der Waals surface area contributed by atoms with Gasteiger partial charge in [0.25, 0.3) is 11.8 Å². The summed E-state index contributed by atoms with van der Waals surface area (Å²) in [6.07, 6.45) is 3.28. The Morgan fingerprint density at radius 2 is 1.63 bits per heavy atom. The van der Waals surface area contributed by atoms with Crippen molar-refractivity contribution in [3.05, 3.63) is 83.7 Å². The van der Waals surface area contributed by atoms with Crippen molar-refractivity contribution in [2.45, 2.75) is 12.5 Å². The molecule has 1 aromatic heterocycles. The molecule has 27 heavy (non-hydrogen) atoms. The number of imidazole rings is 1. The minimum absolute atomic E-state index is 0.207. The maximum Gasteiger partial charge on any atom is 0.262 e. The summed E-state index contributed by atoms with van der Waals surface area (Å²) in [5, 5.41) is 2.64. The third kappa shape index (κ3) is 3.10. The first-order chi connectivity index (χ1) is 13.1. The molecule has 1 unspecified atom stereocenters. The third-order valence-corrected chi connectivity index (χ3v) is 4.45. The number of carbonyl (C=O) groups is 3. The lowest BCUT2D eigenvalue weighted by atomic mass is 10.0. The number of nitrogens with one attached hydrogen (secondary N) is 2. The molecule has 134 valence electrons. The summed E-state index contributed by atoms with van der Waals surface area (Å²) >= 11 is 0. The summed E-state index contributed by atoms with van der Waals surface area (Å²) in [5.74, 6) is -1.16. The monoisotopic (exact) mass is 360 g/mol. The molecular formula is C20H16N4O3. The van der Waals surface area contributed by atoms with Gasteiger partial charge >= 0.3 is 0 Å². The van der Waals surface area contributed by atoms with Crippen molar-refractivity contribution < 1.29 is 14.4 Å². The fraction of sp³-hybridized carbons (Fsp3) is 0.100. The van der Waals surface area contributed by atoms with Gasteiger partial charge < -0.3 is 4.98 Å². The molecule has 1 aliphatic heterocycles. The van der Waals surface area contributed by atoms with Crippen molar-refractivity contribution in [1.82, 2.24) is 14.9 Å². The number of H-pyrrole nitrogens is 1. The van der Waals surface area contributed by atoms with Gasteiger partial charge in [0.15, 0.2) is 0 Å². The van der Waals surface area contributed by atoms with E-state index in [1.807, 2.05) is 30.3 Å². The number of carbonyl (C=O) groups excluding carboxylic acids is 3. The van der Waals surface area contributed by atoms with Gasteiger partial charge in [0.1, 0.15) is 6.04 Å². The van der Waals surface area contributed by atoms with Crippen molar-refractivity contribution in [1.29, 1.82) is 0 Å². The van der Waals surface area contributed by atoms with E-state index in [2.05, 4.69) is 15.3 Å². The number of hydrogen-bond acceptors (Lipinski definition) is 4. The number of fused-ring (bicyclic) bond motifs is 1. The lowest BCUT2D eigenvalue weighted by Crippen LogP contribution is -2.48. The molecule has 4 rings (SSSR count). The molecule has 0 saturated carbocycles. The van der Waals surface area contributed by atoms with E-state index in [9.17, 15) is 14.4 Å². The van der Waals surface area contributed by atoms with Crippen molar-refractivity contribution in [3.8, 4) is 0 Å².